The zero-order chi connectivity index (χ0) is 19.8. The molecule has 2 nitrogen and oxygen atoms in total. The summed E-state index contributed by atoms with van der Waals surface area (Å²) in [4.78, 5) is 0. The Hall–Kier alpha value is -3.52. The van der Waals surface area contributed by atoms with Crippen LogP contribution in [0.3, 0.4) is 0 Å². The van der Waals surface area contributed by atoms with Crippen molar-refractivity contribution in [1.82, 2.24) is 0 Å². The summed E-state index contributed by atoms with van der Waals surface area (Å²) in [6, 6.07) is 24.5. The molecule has 28 heavy (non-hydrogen) atoms. The molecule has 0 spiro atoms. The lowest BCUT2D eigenvalue weighted by molar-refractivity contribution is 0.669. The summed E-state index contributed by atoms with van der Waals surface area (Å²) in [5.41, 5.74) is 5.07. The van der Waals surface area contributed by atoms with E-state index in [2.05, 4.69) is 36.2 Å². The molecule has 0 atom stereocenters. The van der Waals surface area contributed by atoms with Crippen molar-refractivity contribution in [3.05, 3.63) is 109 Å². The molecule has 0 unspecified atom stereocenters. The van der Waals surface area contributed by atoms with Gasteiger partial charge in [-0.1, -0.05) is 75.0 Å². The maximum absolute atomic E-state index is 5.92. The van der Waals surface area contributed by atoms with E-state index < -0.39 is 0 Å². The van der Waals surface area contributed by atoms with Crippen LogP contribution in [0.4, 0.5) is 5.69 Å². The van der Waals surface area contributed by atoms with Crippen molar-refractivity contribution in [2.45, 2.75) is 13.8 Å². The van der Waals surface area contributed by atoms with E-state index in [1.54, 1.807) is 6.08 Å². The molecule has 0 radical (unpaired) electrons. The summed E-state index contributed by atoms with van der Waals surface area (Å²) in [7, 11) is 0. The zero-order valence-corrected chi connectivity index (χ0v) is 16.4. The topological polar surface area (TPSA) is 25.2 Å². The van der Waals surface area contributed by atoms with Crippen molar-refractivity contribution < 1.29 is 4.42 Å². The van der Waals surface area contributed by atoms with E-state index in [0.717, 1.165) is 38.8 Å². The van der Waals surface area contributed by atoms with E-state index in [1.807, 2.05) is 80.7 Å². The van der Waals surface area contributed by atoms with Crippen LogP contribution in [-0.4, -0.2) is 0 Å². The first-order chi connectivity index (χ1) is 13.8. The van der Waals surface area contributed by atoms with Crippen LogP contribution < -0.4 is 5.32 Å². The first kappa shape index (κ1) is 19.2. The Bertz CT molecular complexity index is 1120. The number of para-hydroxylation sites is 2. The minimum absolute atomic E-state index is 0.902. The van der Waals surface area contributed by atoms with Crippen molar-refractivity contribution in [3.63, 3.8) is 0 Å². The minimum atomic E-state index is 0.902. The number of hydrogen-bond acceptors (Lipinski definition) is 2. The van der Waals surface area contributed by atoms with Gasteiger partial charge in [0.15, 0.2) is 0 Å². The Morgan fingerprint density at radius 3 is 2.36 bits per heavy atom. The average molecular weight is 367 g/mol. The lowest BCUT2D eigenvalue weighted by Gasteiger charge is -2.04. The number of hydrogen-bond donors (Lipinski definition) is 1. The lowest BCUT2D eigenvalue weighted by atomic mass is 10.0. The molecular weight excluding hydrogens is 342 g/mol. The van der Waals surface area contributed by atoms with Crippen LogP contribution in [0.15, 0.2) is 108 Å². The van der Waals surface area contributed by atoms with E-state index in [0.29, 0.717) is 0 Å². The van der Waals surface area contributed by atoms with Gasteiger partial charge < -0.3 is 9.73 Å². The Morgan fingerprint density at radius 1 is 0.857 bits per heavy atom. The highest BCUT2D eigenvalue weighted by Gasteiger charge is 2.08. The molecule has 0 aliphatic rings. The highest BCUT2D eigenvalue weighted by atomic mass is 16.3. The van der Waals surface area contributed by atoms with Crippen LogP contribution in [-0.2, 0) is 0 Å². The van der Waals surface area contributed by atoms with Crippen molar-refractivity contribution in [1.29, 1.82) is 0 Å². The molecule has 2 heteroatoms. The molecular formula is C26H25NO. The van der Waals surface area contributed by atoms with Crippen molar-refractivity contribution >= 4 is 33.2 Å². The summed E-state index contributed by atoms with van der Waals surface area (Å²) in [5, 5.41) is 5.55. The average Bonchev–Trinajstić information content (AvgIpc) is 3.13. The van der Waals surface area contributed by atoms with Gasteiger partial charge in [0.2, 0.25) is 0 Å². The number of nitrogens with one attached hydrogen (secondary N) is 1. The van der Waals surface area contributed by atoms with Crippen molar-refractivity contribution in [2.75, 3.05) is 5.32 Å². The molecule has 1 aromatic heterocycles. The zero-order valence-electron chi connectivity index (χ0n) is 16.4. The molecule has 3 aromatic carbocycles. The molecule has 0 fully saturated rings. The van der Waals surface area contributed by atoms with Crippen LogP contribution in [0.1, 0.15) is 19.4 Å². The number of anilines is 1. The Balaban J connectivity index is 0.00000109. The smallest absolute Gasteiger partial charge is 0.135 e. The van der Waals surface area contributed by atoms with E-state index >= 15 is 0 Å². The van der Waals surface area contributed by atoms with Crippen molar-refractivity contribution in [2.24, 2.45) is 0 Å². The van der Waals surface area contributed by atoms with E-state index in [4.69, 9.17) is 4.42 Å². The van der Waals surface area contributed by atoms with Gasteiger partial charge in [0.05, 0.1) is 0 Å². The molecule has 0 saturated heterocycles. The van der Waals surface area contributed by atoms with Gasteiger partial charge >= 0.3 is 0 Å². The fourth-order valence-electron chi connectivity index (χ4n) is 3.04. The molecule has 0 amide bonds. The van der Waals surface area contributed by atoms with Crippen LogP contribution in [0.25, 0.3) is 27.5 Å². The molecule has 4 rings (SSSR count). The van der Waals surface area contributed by atoms with Gasteiger partial charge in [0.25, 0.3) is 0 Å². The van der Waals surface area contributed by atoms with Crippen LogP contribution in [0.5, 0.6) is 0 Å². The maximum atomic E-state index is 5.92. The molecule has 0 aliphatic heterocycles. The Morgan fingerprint density at radius 2 is 1.57 bits per heavy atom. The number of rotatable bonds is 5. The van der Waals surface area contributed by atoms with Crippen LogP contribution in [0.2, 0.25) is 0 Å². The standard InChI is InChI=1S/C24H19NO.C2H6/c1-2-8-18(15-16-25-20-9-4-3-5-10-20)19-13-14-24-22(17-19)21-11-6-7-12-23(21)26-24;1-2/h2-17,25H,1H2;1-2H3/b16-15-,18-8+;. The molecule has 0 bridgehead atoms. The van der Waals surface area contributed by atoms with Crippen LogP contribution in [0, 0.1) is 0 Å². The summed E-state index contributed by atoms with van der Waals surface area (Å²) in [6.07, 6.45) is 7.81. The summed E-state index contributed by atoms with van der Waals surface area (Å²) in [5.74, 6) is 0. The minimum Gasteiger partial charge on any atom is -0.456 e. The highest BCUT2D eigenvalue weighted by molar-refractivity contribution is 6.06. The highest BCUT2D eigenvalue weighted by Crippen LogP contribution is 2.31. The number of fused-ring (bicyclic) bond motifs is 3. The summed E-state index contributed by atoms with van der Waals surface area (Å²) >= 11 is 0. The normalized spacial score (nSPS) is 11.4. The van der Waals surface area contributed by atoms with E-state index in [-0.39, 0.29) is 0 Å². The van der Waals surface area contributed by atoms with E-state index in [9.17, 15) is 0 Å². The number of allylic oxidation sites excluding steroid dienone is 4. The van der Waals surface area contributed by atoms with Gasteiger partial charge in [-0.3, -0.25) is 0 Å². The SMILES string of the molecule is C=C/C=C(\C=C/Nc1ccccc1)c1ccc2oc3ccccc3c2c1.CC. The van der Waals surface area contributed by atoms with Crippen LogP contribution >= 0.6 is 0 Å². The molecule has 140 valence electrons. The van der Waals surface area contributed by atoms with Gasteiger partial charge in [0.1, 0.15) is 11.2 Å². The predicted octanol–water partition coefficient (Wildman–Crippen LogP) is 7.81. The van der Waals surface area contributed by atoms with Gasteiger partial charge in [-0.2, -0.15) is 0 Å². The van der Waals surface area contributed by atoms with Gasteiger partial charge in [-0.25, -0.2) is 0 Å². The van der Waals surface area contributed by atoms with Crippen molar-refractivity contribution in [3.8, 4) is 0 Å². The molecule has 4 aromatic rings. The quantitative estimate of drug-likeness (QED) is 0.364. The first-order valence-electron chi connectivity index (χ1n) is 9.58. The Kier molecular flexibility index (Phi) is 6.48. The molecule has 1 heterocycles. The monoisotopic (exact) mass is 367 g/mol. The summed E-state index contributed by atoms with van der Waals surface area (Å²) in [6.45, 7) is 7.85. The second-order valence-corrected chi connectivity index (χ2v) is 6.01. The fraction of sp³-hybridized carbons (Fsp3) is 0.0769. The summed E-state index contributed by atoms with van der Waals surface area (Å²) < 4.78 is 5.92. The Labute approximate surface area is 166 Å². The third kappa shape index (κ3) is 4.24. The number of furan rings is 1. The van der Waals surface area contributed by atoms with Gasteiger partial charge in [-0.15, -0.1) is 0 Å². The second-order valence-electron chi connectivity index (χ2n) is 6.01. The maximum Gasteiger partial charge on any atom is 0.135 e. The lowest BCUT2D eigenvalue weighted by Crippen LogP contribution is -1.87. The van der Waals surface area contributed by atoms with Gasteiger partial charge in [-0.05, 0) is 47.5 Å². The molecule has 0 aliphatic carbocycles. The second kappa shape index (κ2) is 9.43. The fourth-order valence-corrected chi connectivity index (χ4v) is 3.04. The van der Waals surface area contributed by atoms with Gasteiger partial charge in [0, 0.05) is 22.7 Å². The third-order valence-electron chi connectivity index (χ3n) is 4.29. The third-order valence-corrected chi connectivity index (χ3v) is 4.29. The predicted molar refractivity (Wildman–Crippen MR) is 122 cm³/mol. The van der Waals surface area contributed by atoms with E-state index in [1.165, 1.54) is 0 Å². The first-order valence-corrected chi connectivity index (χ1v) is 9.58. The largest absolute Gasteiger partial charge is 0.456 e. The molecule has 0 saturated carbocycles. The number of benzene rings is 3. The molecule has 1 N–H and O–H groups in total.